The van der Waals surface area contributed by atoms with E-state index in [9.17, 15) is 14.4 Å². The first kappa shape index (κ1) is 17.9. The minimum Gasteiger partial charge on any atom is -0.348 e. The molecule has 3 rings (SSSR count). The Morgan fingerprint density at radius 1 is 1.19 bits per heavy atom. The highest BCUT2D eigenvalue weighted by Crippen LogP contribution is 2.20. The van der Waals surface area contributed by atoms with E-state index in [1.54, 1.807) is 0 Å². The van der Waals surface area contributed by atoms with Gasteiger partial charge in [-0.05, 0) is 35.7 Å². The van der Waals surface area contributed by atoms with Gasteiger partial charge in [0, 0.05) is 0 Å². The Kier molecular flexibility index (Phi) is 5.21. The van der Waals surface area contributed by atoms with Gasteiger partial charge in [-0.3, -0.25) is 14.5 Å². The first-order valence-corrected chi connectivity index (χ1v) is 8.89. The van der Waals surface area contributed by atoms with Gasteiger partial charge in [-0.25, -0.2) is 4.79 Å². The summed E-state index contributed by atoms with van der Waals surface area (Å²) in [5.74, 6) is -0.684. The molecule has 1 aliphatic heterocycles. The summed E-state index contributed by atoms with van der Waals surface area (Å²) in [5, 5.41) is 7.72. The molecule has 0 unspecified atom stereocenters. The third-order valence-electron chi connectivity index (χ3n) is 4.64. The minimum absolute atomic E-state index is 0.223. The van der Waals surface area contributed by atoms with E-state index in [0.29, 0.717) is 6.42 Å². The lowest BCUT2D eigenvalue weighted by Crippen LogP contribution is -2.41. The number of carbonyl (C=O) groups is 3. The van der Waals surface area contributed by atoms with Crippen LogP contribution in [0.1, 0.15) is 38.3 Å². The van der Waals surface area contributed by atoms with Crippen molar-refractivity contribution in [3.05, 3.63) is 48.0 Å². The van der Waals surface area contributed by atoms with Gasteiger partial charge < -0.3 is 10.6 Å². The van der Waals surface area contributed by atoms with Gasteiger partial charge in [-0.2, -0.15) is 0 Å². The Labute approximate surface area is 152 Å². The van der Waals surface area contributed by atoms with E-state index >= 15 is 0 Å². The van der Waals surface area contributed by atoms with Gasteiger partial charge in [0.1, 0.15) is 12.6 Å². The van der Waals surface area contributed by atoms with Gasteiger partial charge in [0.05, 0.1) is 6.04 Å². The Bertz CT molecular complexity index is 849. The maximum absolute atomic E-state index is 12.3. The number of amides is 4. The third kappa shape index (κ3) is 3.69. The molecule has 2 aromatic rings. The van der Waals surface area contributed by atoms with E-state index in [2.05, 4.69) is 10.6 Å². The predicted octanol–water partition coefficient (Wildman–Crippen LogP) is 2.74. The van der Waals surface area contributed by atoms with Crippen LogP contribution >= 0.6 is 0 Å². The number of hydrogen-bond acceptors (Lipinski definition) is 3. The predicted molar refractivity (Wildman–Crippen MR) is 99.4 cm³/mol. The topological polar surface area (TPSA) is 78.5 Å². The lowest BCUT2D eigenvalue weighted by atomic mass is 10.0. The van der Waals surface area contributed by atoms with Crippen LogP contribution in [0, 0.1) is 0 Å². The third-order valence-corrected chi connectivity index (χ3v) is 4.64. The summed E-state index contributed by atoms with van der Waals surface area (Å²) < 4.78 is 0. The Morgan fingerprint density at radius 3 is 2.65 bits per heavy atom. The molecule has 0 radical (unpaired) electrons. The average Bonchev–Trinajstić information content (AvgIpc) is 2.89. The van der Waals surface area contributed by atoms with Crippen LogP contribution in [0.15, 0.2) is 42.5 Å². The maximum Gasteiger partial charge on any atom is 0.325 e. The summed E-state index contributed by atoms with van der Waals surface area (Å²) in [5.41, 5.74) is 0.970. The Hall–Kier alpha value is -2.89. The van der Waals surface area contributed by atoms with Crippen molar-refractivity contribution in [2.75, 3.05) is 6.54 Å². The van der Waals surface area contributed by atoms with Crippen molar-refractivity contribution in [3.63, 3.8) is 0 Å². The van der Waals surface area contributed by atoms with E-state index in [1.165, 1.54) is 0 Å². The highest BCUT2D eigenvalue weighted by molar-refractivity contribution is 6.06. The number of nitrogens with zero attached hydrogens (tertiary/aromatic N) is 1. The lowest BCUT2D eigenvalue weighted by molar-refractivity contribution is -0.132. The SMILES string of the molecule is CCC[C@H]1NC(=O)N(CC(=O)N[C@@H](C)c2ccc3ccccc3c2)C1=O. The number of urea groups is 1. The molecule has 0 bridgehead atoms. The summed E-state index contributed by atoms with van der Waals surface area (Å²) in [6, 6.07) is 12.8. The molecule has 136 valence electrons. The van der Waals surface area contributed by atoms with Crippen LogP contribution in [-0.4, -0.2) is 35.3 Å². The average molecular weight is 353 g/mol. The van der Waals surface area contributed by atoms with Crippen molar-refractivity contribution in [1.29, 1.82) is 0 Å². The Balaban J connectivity index is 1.63. The monoisotopic (exact) mass is 353 g/mol. The molecule has 6 nitrogen and oxygen atoms in total. The van der Waals surface area contributed by atoms with Gasteiger partial charge in [-0.15, -0.1) is 0 Å². The number of carbonyl (C=O) groups excluding carboxylic acids is 3. The molecule has 0 aliphatic carbocycles. The van der Waals surface area contributed by atoms with Crippen LogP contribution < -0.4 is 10.6 Å². The summed E-state index contributed by atoms with van der Waals surface area (Å²) in [4.78, 5) is 37.4. The van der Waals surface area contributed by atoms with Crippen molar-refractivity contribution >= 4 is 28.6 Å². The van der Waals surface area contributed by atoms with E-state index in [4.69, 9.17) is 0 Å². The van der Waals surface area contributed by atoms with Crippen LogP contribution in [-0.2, 0) is 9.59 Å². The molecule has 2 N–H and O–H groups in total. The molecule has 6 heteroatoms. The largest absolute Gasteiger partial charge is 0.348 e. The number of imide groups is 1. The molecule has 2 atom stereocenters. The van der Waals surface area contributed by atoms with Crippen LogP contribution in [0.5, 0.6) is 0 Å². The van der Waals surface area contributed by atoms with Crippen molar-refractivity contribution < 1.29 is 14.4 Å². The van der Waals surface area contributed by atoms with Crippen molar-refractivity contribution in [2.45, 2.75) is 38.8 Å². The van der Waals surface area contributed by atoms with Crippen molar-refractivity contribution in [3.8, 4) is 0 Å². The van der Waals surface area contributed by atoms with Crippen LogP contribution in [0.25, 0.3) is 10.8 Å². The van der Waals surface area contributed by atoms with Crippen LogP contribution in [0.2, 0.25) is 0 Å². The van der Waals surface area contributed by atoms with Crippen molar-refractivity contribution in [2.24, 2.45) is 0 Å². The first-order chi connectivity index (χ1) is 12.5. The first-order valence-electron chi connectivity index (χ1n) is 8.89. The van der Waals surface area contributed by atoms with E-state index in [1.807, 2.05) is 56.3 Å². The second kappa shape index (κ2) is 7.56. The number of nitrogens with one attached hydrogen (secondary N) is 2. The minimum atomic E-state index is -0.516. The molecular weight excluding hydrogens is 330 g/mol. The number of benzene rings is 2. The molecule has 0 spiro atoms. The van der Waals surface area contributed by atoms with Crippen molar-refractivity contribution in [1.82, 2.24) is 15.5 Å². The molecule has 0 saturated carbocycles. The smallest absolute Gasteiger partial charge is 0.325 e. The zero-order valence-corrected chi connectivity index (χ0v) is 15.0. The molecule has 26 heavy (non-hydrogen) atoms. The number of hydrogen-bond donors (Lipinski definition) is 2. The van der Waals surface area contributed by atoms with E-state index in [-0.39, 0.29) is 24.4 Å². The molecule has 1 fully saturated rings. The summed E-state index contributed by atoms with van der Waals surface area (Å²) in [6.07, 6.45) is 1.37. The van der Waals surface area contributed by atoms with E-state index in [0.717, 1.165) is 27.7 Å². The fraction of sp³-hybridized carbons (Fsp3) is 0.350. The van der Waals surface area contributed by atoms with Crippen LogP contribution in [0.4, 0.5) is 4.79 Å². The molecule has 0 aromatic heterocycles. The fourth-order valence-electron chi connectivity index (χ4n) is 3.20. The maximum atomic E-state index is 12.3. The number of rotatable bonds is 6. The van der Waals surface area contributed by atoms with Gasteiger partial charge >= 0.3 is 6.03 Å². The molecule has 1 saturated heterocycles. The fourth-order valence-corrected chi connectivity index (χ4v) is 3.20. The number of fused-ring (bicyclic) bond motifs is 1. The quantitative estimate of drug-likeness (QED) is 0.784. The molecule has 1 heterocycles. The van der Waals surface area contributed by atoms with Gasteiger partial charge in [-0.1, -0.05) is 49.7 Å². The second-order valence-corrected chi connectivity index (χ2v) is 6.61. The highest BCUT2D eigenvalue weighted by Gasteiger charge is 2.38. The molecule has 2 aromatic carbocycles. The lowest BCUT2D eigenvalue weighted by Gasteiger charge is -2.18. The summed E-state index contributed by atoms with van der Waals surface area (Å²) in [7, 11) is 0. The zero-order chi connectivity index (χ0) is 18.7. The Morgan fingerprint density at radius 2 is 1.92 bits per heavy atom. The van der Waals surface area contributed by atoms with Gasteiger partial charge in [0.2, 0.25) is 5.91 Å². The van der Waals surface area contributed by atoms with Crippen LogP contribution in [0.3, 0.4) is 0 Å². The molecular formula is C20H23N3O3. The van der Waals surface area contributed by atoms with Gasteiger partial charge in [0.25, 0.3) is 5.91 Å². The van der Waals surface area contributed by atoms with E-state index < -0.39 is 12.1 Å². The highest BCUT2D eigenvalue weighted by atomic mass is 16.2. The van der Waals surface area contributed by atoms with Gasteiger partial charge in [0.15, 0.2) is 0 Å². The standard InChI is InChI=1S/C20H23N3O3/c1-3-6-17-19(25)23(20(26)22-17)12-18(24)21-13(2)15-10-9-14-7-4-5-8-16(14)11-15/h4-5,7-11,13,17H,3,6,12H2,1-2H3,(H,21,24)(H,22,26)/t13-,17+/m0/s1. The normalized spacial score (nSPS) is 18.1. The summed E-state index contributed by atoms with van der Waals surface area (Å²) in [6.45, 7) is 3.57. The second-order valence-electron chi connectivity index (χ2n) is 6.61. The molecule has 1 aliphatic rings. The zero-order valence-electron chi connectivity index (χ0n) is 15.0. The summed E-state index contributed by atoms with van der Waals surface area (Å²) >= 11 is 0. The molecule has 4 amide bonds.